The Morgan fingerprint density at radius 2 is 2.36 bits per heavy atom. The van der Waals surface area contributed by atoms with Crippen LogP contribution in [0.15, 0.2) is 4.99 Å². The molecule has 1 rings (SSSR count). The van der Waals surface area contributed by atoms with Crippen molar-refractivity contribution in [1.29, 1.82) is 0 Å². The van der Waals surface area contributed by atoms with Crippen molar-refractivity contribution in [3.63, 3.8) is 0 Å². The lowest BCUT2D eigenvalue weighted by Gasteiger charge is -2.21. The topological polar surface area (TPSA) is 33.6 Å². The van der Waals surface area contributed by atoms with Crippen molar-refractivity contribution in [2.45, 2.75) is 45.1 Å². The minimum Gasteiger partial charge on any atom is -0.383 e. The third-order valence-electron chi connectivity index (χ3n) is 2.50. The van der Waals surface area contributed by atoms with Crippen molar-refractivity contribution < 1.29 is 4.74 Å². The zero-order chi connectivity index (χ0) is 10.2. The number of hydrogen-bond acceptors (Lipinski definition) is 3. The van der Waals surface area contributed by atoms with Gasteiger partial charge in [0.1, 0.15) is 0 Å². The average molecular weight is 198 g/mol. The molecule has 0 spiro atoms. The molecule has 82 valence electrons. The summed E-state index contributed by atoms with van der Waals surface area (Å²) in [6.45, 7) is 3.98. The van der Waals surface area contributed by atoms with Crippen LogP contribution in [0.1, 0.15) is 39.0 Å². The molecule has 0 aliphatic carbocycles. The lowest BCUT2D eigenvalue weighted by Crippen LogP contribution is -2.38. The molecule has 3 nitrogen and oxygen atoms in total. The van der Waals surface area contributed by atoms with Crippen molar-refractivity contribution in [2.24, 2.45) is 4.99 Å². The largest absolute Gasteiger partial charge is 0.383 e. The molecule has 1 heterocycles. The fourth-order valence-electron chi connectivity index (χ4n) is 1.80. The number of aliphatic imine (C=N–C) groups is 1. The molecule has 1 aliphatic heterocycles. The Hall–Kier alpha value is -0.570. The van der Waals surface area contributed by atoms with Crippen LogP contribution in [-0.4, -0.2) is 32.1 Å². The van der Waals surface area contributed by atoms with Gasteiger partial charge in [-0.15, -0.1) is 0 Å². The summed E-state index contributed by atoms with van der Waals surface area (Å²) in [4.78, 5) is 4.48. The highest BCUT2D eigenvalue weighted by atomic mass is 16.5. The van der Waals surface area contributed by atoms with Gasteiger partial charge in [0.15, 0.2) is 0 Å². The van der Waals surface area contributed by atoms with E-state index < -0.39 is 0 Å². The second-order valence-corrected chi connectivity index (χ2v) is 3.87. The van der Waals surface area contributed by atoms with E-state index in [0.29, 0.717) is 6.04 Å². The molecule has 0 amide bonds. The van der Waals surface area contributed by atoms with Crippen LogP contribution in [0.5, 0.6) is 0 Å². The highest BCUT2D eigenvalue weighted by Gasteiger charge is 2.11. The van der Waals surface area contributed by atoms with Crippen LogP contribution in [-0.2, 0) is 4.74 Å². The van der Waals surface area contributed by atoms with Crippen molar-refractivity contribution in [2.75, 3.05) is 20.3 Å². The molecule has 0 fully saturated rings. The third kappa shape index (κ3) is 4.09. The van der Waals surface area contributed by atoms with E-state index in [1.54, 1.807) is 7.11 Å². The van der Waals surface area contributed by atoms with Crippen LogP contribution in [0.4, 0.5) is 0 Å². The monoisotopic (exact) mass is 198 g/mol. The van der Waals surface area contributed by atoms with Crippen LogP contribution in [0.3, 0.4) is 0 Å². The summed E-state index contributed by atoms with van der Waals surface area (Å²) in [6.07, 6.45) is 5.98. The molecule has 1 unspecified atom stereocenters. The van der Waals surface area contributed by atoms with Crippen LogP contribution >= 0.6 is 0 Å². The first kappa shape index (κ1) is 11.5. The second kappa shape index (κ2) is 6.82. The molecule has 0 aromatic carbocycles. The standard InChI is InChI=1S/C11H22N2O/c1-3-6-10(9-14-2)13-11-7-4-5-8-12-11/h10H,3-9H2,1-2H3,(H,12,13). The van der Waals surface area contributed by atoms with E-state index in [2.05, 4.69) is 17.2 Å². The lowest BCUT2D eigenvalue weighted by molar-refractivity contribution is 0.169. The van der Waals surface area contributed by atoms with Gasteiger partial charge >= 0.3 is 0 Å². The van der Waals surface area contributed by atoms with Crippen molar-refractivity contribution in [1.82, 2.24) is 5.32 Å². The van der Waals surface area contributed by atoms with Gasteiger partial charge in [-0.3, -0.25) is 4.99 Å². The maximum Gasteiger partial charge on any atom is 0.0965 e. The van der Waals surface area contributed by atoms with Crippen molar-refractivity contribution in [3.8, 4) is 0 Å². The van der Waals surface area contributed by atoms with Gasteiger partial charge in [0.2, 0.25) is 0 Å². The SMILES string of the molecule is CCCC(COC)NC1=NCCCC1. The summed E-state index contributed by atoms with van der Waals surface area (Å²) < 4.78 is 5.18. The number of hydrogen-bond donors (Lipinski definition) is 1. The van der Waals surface area contributed by atoms with Gasteiger partial charge in [0.25, 0.3) is 0 Å². The summed E-state index contributed by atoms with van der Waals surface area (Å²) in [5, 5.41) is 3.48. The molecule has 0 aromatic heterocycles. The van der Waals surface area contributed by atoms with Crippen LogP contribution < -0.4 is 5.32 Å². The van der Waals surface area contributed by atoms with Crippen molar-refractivity contribution in [3.05, 3.63) is 0 Å². The number of rotatable bonds is 5. The van der Waals surface area contributed by atoms with Crippen LogP contribution in [0, 0.1) is 0 Å². The summed E-state index contributed by atoms with van der Waals surface area (Å²) in [7, 11) is 1.76. The Bertz CT molecular complexity index is 174. The van der Waals surface area contributed by atoms with E-state index in [1.807, 2.05) is 0 Å². The molecule has 0 bridgehead atoms. The van der Waals surface area contributed by atoms with E-state index in [1.165, 1.54) is 25.1 Å². The number of nitrogens with zero attached hydrogens (tertiary/aromatic N) is 1. The molecule has 0 saturated heterocycles. The van der Waals surface area contributed by atoms with Gasteiger partial charge in [-0.25, -0.2) is 0 Å². The molecule has 0 aromatic rings. The number of nitrogens with one attached hydrogen (secondary N) is 1. The maximum absolute atomic E-state index is 5.18. The maximum atomic E-state index is 5.18. The van der Waals surface area contributed by atoms with Gasteiger partial charge in [0, 0.05) is 20.1 Å². The van der Waals surface area contributed by atoms with E-state index in [-0.39, 0.29) is 0 Å². The van der Waals surface area contributed by atoms with E-state index in [9.17, 15) is 0 Å². The van der Waals surface area contributed by atoms with Gasteiger partial charge < -0.3 is 10.1 Å². The summed E-state index contributed by atoms with van der Waals surface area (Å²) in [5.41, 5.74) is 0. The normalized spacial score (nSPS) is 18.9. The lowest BCUT2D eigenvalue weighted by atomic mass is 10.1. The van der Waals surface area contributed by atoms with Gasteiger partial charge in [-0.05, 0) is 19.3 Å². The summed E-state index contributed by atoms with van der Waals surface area (Å²) in [6, 6.07) is 0.446. The Kier molecular flexibility index (Phi) is 5.60. The highest BCUT2D eigenvalue weighted by molar-refractivity contribution is 5.82. The predicted octanol–water partition coefficient (Wildman–Crippen LogP) is 1.97. The van der Waals surface area contributed by atoms with E-state index >= 15 is 0 Å². The van der Waals surface area contributed by atoms with Crippen LogP contribution in [0.2, 0.25) is 0 Å². The fraction of sp³-hybridized carbons (Fsp3) is 0.909. The van der Waals surface area contributed by atoms with E-state index in [0.717, 1.165) is 26.0 Å². The summed E-state index contributed by atoms with van der Waals surface area (Å²) in [5.74, 6) is 1.19. The molecule has 14 heavy (non-hydrogen) atoms. The van der Waals surface area contributed by atoms with Crippen LogP contribution in [0.25, 0.3) is 0 Å². The second-order valence-electron chi connectivity index (χ2n) is 3.87. The molecule has 0 saturated carbocycles. The first-order chi connectivity index (χ1) is 6.86. The molecular weight excluding hydrogens is 176 g/mol. The number of ether oxygens (including phenoxy) is 1. The predicted molar refractivity (Wildman–Crippen MR) is 59.9 cm³/mol. The summed E-state index contributed by atoms with van der Waals surface area (Å²) >= 11 is 0. The molecule has 3 heteroatoms. The smallest absolute Gasteiger partial charge is 0.0965 e. The van der Waals surface area contributed by atoms with Crippen molar-refractivity contribution >= 4 is 5.84 Å². The molecular formula is C11H22N2O. The van der Waals surface area contributed by atoms with Gasteiger partial charge in [0.05, 0.1) is 18.5 Å². The zero-order valence-electron chi connectivity index (χ0n) is 9.38. The zero-order valence-corrected chi connectivity index (χ0v) is 9.38. The first-order valence-electron chi connectivity index (χ1n) is 5.65. The Morgan fingerprint density at radius 3 is 2.93 bits per heavy atom. The Balaban J connectivity index is 2.32. The van der Waals surface area contributed by atoms with E-state index in [4.69, 9.17) is 4.74 Å². The minimum absolute atomic E-state index is 0.446. The third-order valence-corrected chi connectivity index (χ3v) is 2.50. The Labute approximate surface area is 86.9 Å². The fourth-order valence-corrected chi connectivity index (χ4v) is 1.80. The highest BCUT2D eigenvalue weighted by Crippen LogP contribution is 2.06. The molecule has 1 atom stereocenters. The number of amidine groups is 1. The molecule has 0 radical (unpaired) electrons. The number of methoxy groups -OCH3 is 1. The minimum atomic E-state index is 0.446. The quantitative estimate of drug-likeness (QED) is 0.732. The Morgan fingerprint density at radius 1 is 1.50 bits per heavy atom. The first-order valence-corrected chi connectivity index (χ1v) is 5.65. The van der Waals surface area contributed by atoms with Gasteiger partial charge in [-0.1, -0.05) is 13.3 Å². The van der Waals surface area contributed by atoms with Gasteiger partial charge in [-0.2, -0.15) is 0 Å². The average Bonchev–Trinajstić information content (AvgIpc) is 2.20. The molecule has 1 N–H and O–H groups in total. The molecule has 1 aliphatic rings.